The highest BCUT2D eigenvalue weighted by atomic mass is 32.1. The number of nitrogens with zero attached hydrogens (tertiary/aromatic N) is 1. The second-order valence-corrected chi connectivity index (χ2v) is 12.6. The van der Waals surface area contributed by atoms with Crippen LogP contribution in [0.5, 0.6) is 0 Å². The number of fused-ring (bicyclic) bond motifs is 6. The molecule has 0 bridgehead atoms. The normalized spacial score (nSPS) is 15.4. The Kier molecular flexibility index (Phi) is 5.66. The van der Waals surface area contributed by atoms with E-state index in [1.165, 1.54) is 75.8 Å². The van der Waals surface area contributed by atoms with Crippen molar-refractivity contribution >= 4 is 31.5 Å². The van der Waals surface area contributed by atoms with Gasteiger partial charge in [-0.1, -0.05) is 127 Å². The van der Waals surface area contributed by atoms with E-state index in [4.69, 9.17) is 0 Å². The van der Waals surface area contributed by atoms with E-state index in [2.05, 4.69) is 157 Å². The van der Waals surface area contributed by atoms with Crippen molar-refractivity contribution in [2.75, 3.05) is 0 Å². The minimum absolute atomic E-state index is 0.461. The minimum Gasteiger partial charge on any atom is -0.264 e. The molecule has 0 aliphatic heterocycles. The SMILES string of the molecule is c1ccc(C2(c3cccnc3)c3ccccc3-c3ccc(-c4cccc(-c5cccc6c5sc5ccccc56)c4)cc32)cc1. The summed E-state index contributed by atoms with van der Waals surface area (Å²) in [5.74, 6) is 0. The lowest BCUT2D eigenvalue weighted by Gasteiger charge is -2.33. The number of rotatable bonds is 4. The van der Waals surface area contributed by atoms with E-state index < -0.39 is 5.41 Å². The molecular formula is C42H27NS. The van der Waals surface area contributed by atoms with E-state index in [0.29, 0.717) is 0 Å². The number of thiophene rings is 1. The first-order chi connectivity index (χ1) is 21.8. The van der Waals surface area contributed by atoms with Gasteiger partial charge in [-0.2, -0.15) is 0 Å². The Balaban J connectivity index is 1.26. The Morgan fingerprint density at radius 1 is 0.455 bits per heavy atom. The van der Waals surface area contributed by atoms with E-state index in [9.17, 15) is 0 Å². The van der Waals surface area contributed by atoms with Crippen molar-refractivity contribution in [1.82, 2.24) is 4.98 Å². The molecule has 2 aromatic heterocycles. The van der Waals surface area contributed by atoms with Gasteiger partial charge in [-0.05, 0) is 79.9 Å². The maximum Gasteiger partial charge on any atom is 0.0728 e. The third kappa shape index (κ3) is 3.62. The molecule has 0 N–H and O–H groups in total. The van der Waals surface area contributed by atoms with Gasteiger partial charge in [-0.3, -0.25) is 4.98 Å². The molecule has 2 heterocycles. The Morgan fingerprint density at radius 2 is 1.16 bits per heavy atom. The maximum absolute atomic E-state index is 4.61. The quantitative estimate of drug-likeness (QED) is 0.203. The maximum atomic E-state index is 4.61. The van der Waals surface area contributed by atoms with Crippen LogP contribution in [0.15, 0.2) is 164 Å². The van der Waals surface area contributed by atoms with Crippen molar-refractivity contribution in [3.8, 4) is 33.4 Å². The Hall–Kier alpha value is -5.31. The van der Waals surface area contributed by atoms with Crippen molar-refractivity contribution < 1.29 is 0 Å². The monoisotopic (exact) mass is 577 g/mol. The highest BCUT2D eigenvalue weighted by Gasteiger charge is 2.46. The van der Waals surface area contributed by atoms with Gasteiger partial charge in [0.15, 0.2) is 0 Å². The largest absolute Gasteiger partial charge is 0.264 e. The van der Waals surface area contributed by atoms with Crippen LogP contribution in [0.4, 0.5) is 0 Å². The first kappa shape index (κ1) is 25.2. The van der Waals surface area contributed by atoms with Crippen LogP contribution in [-0.4, -0.2) is 4.98 Å². The van der Waals surface area contributed by atoms with Crippen LogP contribution in [0.3, 0.4) is 0 Å². The summed E-state index contributed by atoms with van der Waals surface area (Å²) in [6, 6.07) is 55.6. The molecule has 1 aliphatic rings. The summed E-state index contributed by atoms with van der Waals surface area (Å²) in [6.07, 6.45) is 3.90. The van der Waals surface area contributed by atoms with Gasteiger partial charge >= 0.3 is 0 Å². The van der Waals surface area contributed by atoms with Crippen LogP contribution < -0.4 is 0 Å². The molecule has 44 heavy (non-hydrogen) atoms. The van der Waals surface area contributed by atoms with Gasteiger partial charge in [0, 0.05) is 32.6 Å². The molecule has 1 nitrogen and oxygen atoms in total. The average Bonchev–Trinajstić information content (AvgIpc) is 3.63. The zero-order valence-corrected chi connectivity index (χ0v) is 24.8. The molecule has 0 radical (unpaired) electrons. The van der Waals surface area contributed by atoms with Crippen LogP contribution in [0, 0.1) is 0 Å². The number of hydrogen-bond donors (Lipinski definition) is 0. The standard InChI is InChI=1S/C42H27NS/c1-2-13-31(14-3-1)42(32-15-10-24-43-27-32)38-20-6-4-16-34(38)35-23-22-29(26-39(35)42)28-11-8-12-30(25-28)33-18-9-19-37-36-17-5-7-21-40(36)44-41(33)37/h1-27H. The number of aromatic nitrogens is 1. The van der Waals surface area contributed by atoms with Gasteiger partial charge in [-0.15, -0.1) is 11.3 Å². The van der Waals surface area contributed by atoms with Gasteiger partial charge < -0.3 is 0 Å². The first-order valence-corrected chi connectivity index (χ1v) is 15.9. The van der Waals surface area contributed by atoms with Gasteiger partial charge in [0.05, 0.1) is 5.41 Å². The summed E-state index contributed by atoms with van der Waals surface area (Å²) in [6.45, 7) is 0. The fourth-order valence-electron chi connectivity index (χ4n) is 7.36. The molecule has 1 atom stereocenters. The fraction of sp³-hybridized carbons (Fsp3) is 0.0238. The molecule has 1 unspecified atom stereocenters. The van der Waals surface area contributed by atoms with Crippen molar-refractivity contribution in [2.24, 2.45) is 0 Å². The van der Waals surface area contributed by atoms with Crippen LogP contribution in [0.2, 0.25) is 0 Å². The van der Waals surface area contributed by atoms with Crippen molar-refractivity contribution in [3.63, 3.8) is 0 Å². The Labute approximate surface area is 260 Å². The smallest absolute Gasteiger partial charge is 0.0728 e. The number of benzene rings is 6. The van der Waals surface area contributed by atoms with E-state index in [0.717, 1.165) is 0 Å². The first-order valence-electron chi connectivity index (χ1n) is 15.0. The van der Waals surface area contributed by atoms with Gasteiger partial charge in [0.1, 0.15) is 0 Å². The van der Waals surface area contributed by atoms with Crippen molar-refractivity contribution in [2.45, 2.75) is 5.41 Å². The molecule has 1 aliphatic carbocycles. The predicted molar refractivity (Wildman–Crippen MR) is 185 cm³/mol. The Morgan fingerprint density at radius 3 is 2.07 bits per heavy atom. The van der Waals surface area contributed by atoms with Crippen LogP contribution in [0.25, 0.3) is 53.6 Å². The molecule has 2 heteroatoms. The predicted octanol–water partition coefficient (Wildman–Crippen LogP) is 11.1. The summed E-state index contributed by atoms with van der Waals surface area (Å²) in [7, 11) is 0. The molecule has 6 aromatic carbocycles. The summed E-state index contributed by atoms with van der Waals surface area (Å²) < 4.78 is 2.67. The van der Waals surface area contributed by atoms with Crippen LogP contribution >= 0.6 is 11.3 Å². The fourth-order valence-corrected chi connectivity index (χ4v) is 8.60. The van der Waals surface area contributed by atoms with E-state index in [-0.39, 0.29) is 0 Å². The molecule has 206 valence electrons. The second kappa shape index (κ2) is 9.87. The average molecular weight is 578 g/mol. The van der Waals surface area contributed by atoms with Crippen LogP contribution in [-0.2, 0) is 5.41 Å². The van der Waals surface area contributed by atoms with Gasteiger partial charge in [0.25, 0.3) is 0 Å². The lowest BCUT2D eigenvalue weighted by Crippen LogP contribution is -2.28. The van der Waals surface area contributed by atoms with Gasteiger partial charge in [-0.25, -0.2) is 0 Å². The molecule has 0 saturated heterocycles. The molecule has 0 amide bonds. The summed E-state index contributed by atoms with van der Waals surface area (Å²) in [5, 5.41) is 2.66. The molecular weight excluding hydrogens is 551 g/mol. The van der Waals surface area contributed by atoms with Crippen molar-refractivity contribution in [1.29, 1.82) is 0 Å². The third-order valence-electron chi connectivity index (χ3n) is 9.26. The summed E-state index contributed by atoms with van der Waals surface area (Å²) in [5.41, 5.74) is 12.1. The molecule has 9 rings (SSSR count). The molecule has 0 spiro atoms. The lowest BCUT2D eigenvalue weighted by atomic mass is 9.68. The summed E-state index contributed by atoms with van der Waals surface area (Å²) >= 11 is 1.88. The topological polar surface area (TPSA) is 12.9 Å². The van der Waals surface area contributed by atoms with E-state index in [1.54, 1.807) is 0 Å². The summed E-state index contributed by atoms with van der Waals surface area (Å²) in [4.78, 5) is 4.61. The van der Waals surface area contributed by atoms with E-state index >= 15 is 0 Å². The Bertz CT molecular complexity index is 2290. The van der Waals surface area contributed by atoms with E-state index in [1.807, 2.05) is 23.7 Å². The van der Waals surface area contributed by atoms with Crippen LogP contribution in [0.1, 0.15) is 22.3 Å². The molecule has 8 aromatic rings. The highest BCUT2D eigenvalue weighted by Crippen LogP contribution is 2.56. The second-order valence-electron chi connectivity index (χ2n) is 11.5. The number of pyridine rings is 1. The highest BCUT2D eigenvalue weighted by molar-refractivity contribution is 7.26. The lowest BCUT2D eigenvalue weighted by molar-refractivity contribution is 0.763. The zero-order valence-electron chi connectivity index (χ0n) is 23.9. The minimum atomic E-state index is -0.461. The van der Waals surface area contributed by atoms with Gasteiger partial charge in [0.2, 0.25) is 0 Å². The molecule has 0 saturated carbocycles. The zero-order chi connectivity index (χ0) is 29.1. The number of hydrogen-bond acceptors (Lipinski definition) is 2. The molecule has 0 fully saturated rings. The van der Waals surface area contributed by atoms with Crippen molar-refractivity contribution in [3.05, 3.63) is 186 Å². The third-order valence-corrected chi connectivity index (χ3v) is 10.5.